The lowest BCUT2D eigenvalue weighted by atomic mass is 9.97. The lowest BCUT2D eigenvalue weighted by Crippen LogP contribution is -2.37. The molecule has 30 heavy (non-hydrogen) atoms. The van der Waals surface area contributed by atoms with Crippen LogP contribution >= 0.6 is 0 Å². The second-order valence-corrected chi connectivity index (χ2v) is 7.80. The van der Waals surface area contributed by atoms with E-state index in [4.69, 9.17) is 0 Å². The van der Waals surface area contributed by atoms with Gasteiger partial charge < -0.3 is 5.32 Å². The Balaban J connectivity index is 1.60. The number of nitro groups is 1. The van der Waals surface area contributed by atoms with Gasteiger partial charge in [-0.3, -0.25) is 19.8 Å². The molecule has 6 nitrogen and oxygen atoms in total. The van der Waals surface area contributed by atoms with Crippen molar-refractivity contribution in [2.75, 3.05) is 19.6 Å². The minimum absolute atomic E-state index is 0.0344. The first kappa shape index (κ1) is 20.0. The average molecular weight is 403 g/mol. The molecule has 154 valence electrons. The van der Waals surface area contributed by atoms with Gasteiger partial charge in [-0.1, -0.05) is 48.5 Å². The molecule has 0 saturated carbocycles. The van der Waals surface area contributed by atoms with E-state index in [1.54, 1.807) is 19.1 Å². The maximum absolute atomic E-state index is 12.8. The van der Waals surface area contributed by atoms with E-state index in [0.717, 1.165) is 25.9 Å². The van der Waals surface area contributed by atoms with E-state index in [1.807, 2.05) is 12.1 Å². The molecule has 3 aromatic carbocycles. The van der Waals surface area contributed by atoms with Crippen LogP contribution in [0.2, 0.25) is 0 Å². The number of carbonyl (C=O) groups is 1. The molecule has 0 aromatic heterocycles. The van der Waals surface area contributed by atoms with Crippen molar-refractivity contribution < 1.29 is 9.72 Å². The Bertz CT molecular complexity index is 1080. The Hall–Kier alpha value is -3.25. The highest BCUT2D eigenvalue weighted by Gasteiger charge is 2.25. The van der Waals surface area contributed by atoms with Crippen molar-refractivity contribution in [3.63, 3.8) is 0 Å². The van der Waals surface area contributed by atoms with Crippen LogP contribution in [0.4, 0.5) is 5.69 Å². The molecule has 1 fully saturated rings. The highest BCUT2D eigenvalue weighted by molar-refractivity contribution is 5.95. The molecule has 0 aliphatic carbocycles. The Morgan fingerprint density at radius 2 is 1.83 bits per heavy atom. The van der Waals surface area contributed by atoms with E-state index in [0.29, 0.717) is 17.7 Å². The first-order valence-electron chi connectivity index (χ1n) is 10.3. The molecule has 1 amide bonds. The van der Waals surface area contributed by atoms with Gasteiger partial charge in [-0.15, -0.1) is 0 Å². The maximum Gasteiger partial charge on any atom is 0.273 e. The predicted octanol–water partition coefficient (Wildman–Crippen LogP) is 4.62. The maximum atomic E-state index is 12.8. The molecule has 4 rings (SSSR count). The first-order chi connectivity index (χ1) is 14.5. The molecule has 1 N–H and O–H groups in total. The van der Waals surface area contributed by atoms with Gasteiger partial charge in [-0.2, -0.15) is 0 Å². The third-order valence-electron chi connectivity index (χ3n) is 5.89. The summed E-state index contributed by atoms with van der Waals surface area (Å²) >= 11 is 0. The van der Waals surface area contributed by atoms with Gasteiger partial charge in [0.25, 0.3) is 11.6 Å². The number of aryl methyl sites for hydroxylation is 1. The zero-order valence-corrected chi connectivity index (χ0v) is 17.0. The van der Waals surface area contributed by atoms with Crippen LogP contribution in [0.25, 0.3) is 10.8 Å². The van der Waals surface area contributed by atoms with Gasteiger partial charge in [0.05, 0.1) is 11.0 Å². The number of nitro benzene ring substituents is 1. The molecule has 0 unspecified atom stereocenters. The smallest absolute Gasteiger partial charge is 0.273 e. The first-order valence-corrected chi connectivity index (χ1v) is 10.3. The second-order valence-electron chi connectivity index (χ2n) is 7.80. The molecule has 1 aliphatic heterocycles. The summed E-state index contributed by atoms with van der Waals surface area (Å²) in [5.74, 6) is -0.289. The number of nitrogens with one attached hydrogen (secondary N) is 1. The van der Waals surface area contributed by atoms with Gasteiger partial charge in [0.1, 0.15) is 0 Å². The van der Waals surface area contributed by atoms with Gasteiger partial charge in [0, 0.05) is 23.7 Å². The van der Waals surface area contributed by atoms with Crippen LogP contribution in [-0.2, 0) is 0 Å². The van der Waals surface area contributed by atoms with Crippen LogP contribution in [0.1, 0.15) is 40.4 Å². The van der Waals surface area contributed by atoms with Crippen molar-refractivity contribution in [3.05, 3.63) is 87.5 Å². The molecule has 1 heterocycles. The lowest BCUT2D eigenvalue weighted by molar-refractivity contribution is -0.385. The Morgan fingerprint density at radius 3 is 2.60 bits per heavy atom. The van der Waals surface area contributed by atoms with E-state index in [2.05, 4.69) is 40.5 Å². The standard InChI is InChI=1S/C24H25N3O3/c1-17-11-12-19(15-22(17)27(29)30)24(28)25-16-23(26-13-4-5-14-26)21-10-6-8-18-7-2-3-9-20(18)21/h2-3,6-12,15,23H,4-5,13-14,16H2,1H3,(H,25,28)/t23-/m1/s1. The van der Waals surface area contributed by atoms with Gasteiger partial charge in [0.2, 0.25) is 0 Å². The molecule has 1 aliphatic rings. The fourth-order valence-corrected chi connectivity index (χ4v) is 4.27. The average Bonchev–Trinajstić information content (AvgIpc) is 3.28. The summed E-state index contributed by atoms with van der Waals surface area (Å²) in [5, 5.41) is 16.6. The number of benzene rings is 3. The summed E-state index contributed by atoms with van der Waals surface area (Å²) in [4.78, 5) is 26.0. The zero-order chi connectivity index (χ0) is 21.1. The number of nitrogens with zero attached hydrogens (tertiary/aromatic N) is 2. The highest BCUT2D eigenvalue weighted by atomic mass is 16.6. The minimum atomic E-state index is -0.449. The number of fused-ring (bicyclic) bond motifs is 1. The zero-order valence-electron chi connectivity index (χ0n) is 17.0. The number of carbonyl (C=O) groups excluding carboxylic acids is 1. The number of rotatable bonds is 6. The van der Waals surface area contributed by atoms with Gasteiger partial charge >= 0.3 is 0 Å². The fourth-order valence-electron chi connectivity index (χ4n) is 4.27. The molecule has 0 radical (unpaired) electrons. The Kier molecular flexibility index (Phi) is 5.77. The monoisotopic (exact) mass is 403 g/mol. The highest BCUT2D eigenvalue weighted by Crippen LogP contribution is 2.30. The van der Waals surface area contributed by atoms with Crippen molar-refractivity contribution >= 4 is 22.4 Å². The van der Waals surface area contributed by atoms with Crippen molar-refractivity contribution in [2.24, 2.45) is 0 Å². The summed E-state index contributed by atoms with van der Waals surface area (Å²) in [6, 6.07) is 19.3. The van der Waals surface area contributed by atoms with Crippen LogP contribution in [-0.4, -0.2) is 35.4 Å². The summed E-state index contributed by atoms with van der Waals surface area (Å²) in [6.45, 7) is 4.12. The molecule has 1 atom stereocenters. The molecule has 3 aromatic rings. The molecular weight excluding hydrogens is 378 g/mol. The van der Waals surface area contributed by atoms with E-state index >= 15 is 0 Å². The summed E-state index contributed by atoms with van der Waals surface area (Å²) < 4.78 is 0. The Labute approximate surface area is 175 Å². The number of hydrogen-bond acceptors (Lipinski definition) is 4. The van der Waals surface area contributed by atoms with Crippen molar-refractivity contribution in [1.29, 1.82) is 0 Å². The molecule has 0 spiro atoms. The van der Waals surface area contributed by atoms with Crippen LogP contribution in [0.3, 0.4) is 0 Å². The van der Waals surface area contributed by atoms with Gasteiger partial charge in [-0.05, 0) is 55.3 Å². The van der Waals surface area contributed by atoms with E-state index < -0.39 is 4.92 Å². The minimum Gasteiger partial charge on any atom is -0.350 e. The molecule has 6 heteroatoms. The number of hydrogen-bond donors (Lipinski definition) is 1. The van der Waals surface area contributed by atoms with Gasteiger partial charge in [-0.25, -0.2) is 0 Å². The van der Waals surface area contributed by atoms with Crippen LogP contribution in [0.15, 0.2) is 60.7 Å². The third kappa shape index (κ3) is 4.04. The topological polar surface area (TPSA) is 75.5 Å². The molecule has 1 saturated heterocycles. The van der Waals surface area contributed by atoms with E-state index in [-0.39, 0.29) is 17.6 Å². The number of likely N-dealkylation sites (tertiary alicyclic amines) is 1. The fraction of sp³-hybridized carbons (Fsp3) is 0.292. The molecular formula is C24H25N3O3. The van der Waals surface area contributed by atoms with Crippen LogP contribution in [0.5, 0.6) is 0 Å². The van der Waals surface area contributed by atoms with Crippen molar-refractivity contribution in [3.8, 4) is 0 Å². The van der Waals surface area contributed by atoms with Crippen molar-refractivity contribution in [1.82, 2.24) is 10.2 Å². The number of amides is 1. The quantitative estimate of drug-likeness (QED) is 0.481. The van der Waals surface area contributed by atoms with E-state index in [1.165, 1.54) is 22.4 Å². The normalized spacial score (nSPS) is 15.2. The molecule has 0 bridgehead atoms. The SMILES string of the molecule is Cc1ccc(C(=O)NC[C@H](c2cccc3ccccc23)N2CCCC2)cc1[N+](=O)[O-]. The largest absolute Gasteiger partial charge is 0.350 e. The lowest BCUT2D eigenvalue weighted by Gasteiger charge is -2.29. The Morgan fingerprint density at radius 1 is 1.10 bits per heavy atom. The van der Waals surface area contributed by atoms with Crippen LogP contribution in [0, 0.1) is 17.0 Å². The third-order valence-corrected chi connectivity index (χ3v) is 5.89. The summed E-state index contributed by atoms with van der Waals surface area (Å²) in [5.41, 5.74) is 2.02. The van der Waals surface area contributed by atoms with Crippen molar-refractivity contribution in [2.45, 2.75) is 25.8 Å². The predicted molar refractivity (Wildman–Crippen MR) is 118 cm³/mol. The van der Waals surface area contributed by atoms with E-state index in [9.17, 15) is 14.9 Å². The van der Waals surface area contributed by atoms with Gasteiger partial charge in [0.15, 0.2) is 0 Å². The summed E-state index contributed by atoms with van der Waals surface area (Å²) in [7, 11) is 0. The second kappa shape index (κ2) is 8.63. The van der Waals surface area contributed by atoms with Crippen LogP contribution < -0.4 is 5.32 Å². The summed E-state index contributed by atoms with van der Waals surface area (Å²) in [6.07, 6.45) is 2.30.